The number of aromatic amines is 1. The van der Waals surface area contributed by atoms with E-state index in [4.69, 9.17) is 5.73 Å². The lowest BCUT2D eigenvalue weighted by molar-refractivity contribution is 0.224. The summed E-state index contributed by atoms with van der Waals surface area (Å²) in [6.07, 6.45) is 7.01. The summed E-state index contributed by atoms with van der Waals surface area (Å²) in [5, 5.41) is 6.81. The molecule has 0 radical (unpaired) electrons. The molecule has 3 N–H and O–H groups in total. The van der Waals surface area contributed by atoms with Crippen molar-refractivity contribution in [1.82, 2.24) is 10.2 Å². The fourth-order valence-corrected chi connectivity index (χ4v) is 3.22. The fraction of sp³-hybridized carbons (Fsp3) is 0.471. The standard InChI is InChI=1S/C17H23N3/c1-17(2)8-6-12(7-9-17)13-4-3-5-14(10-13)15-11-19-20-16(15)18/h3-5,10-12H,6-9H2,1-2H3,(H3,18,19,20). The van der Waals surface area contributed by atoms with Crippen molar-refractivity contribution in [1.29, 1.82) is 0 Å². The monoisotopic (exact) mass is 269 g/mol. The molecule has 106 valence electrons. The summed E-state index contributed by atoms with van der Waals surface area (Å²) in [6, 6.07) is 8.78. The van der Waals surface area contributed by atoms with E-state index in [0.717, 1.165) is 5.56 Å². The Morgan fingerprint density at radius 1 is 1.25 bits per heavy atom. The highest BCUT2D eigenvalue weighted by Gasteiger charge is 2.27. The van der Waals surface area contributed by atoms with Crippen LogP contribution in [-0.2, 0) is 0 Å². The Morgan fingerprint density at radius 2 is 2.00 bits per heavy atom. The maximum atomic E-state index is 5.92. The molecule has 0 unspecified atom stereocenters. The van der Waals surface area contributed by atoms with Crippen molar-refractivity contribution in [2.24, 2.45) is 5.41 Å². The quantitative estimate of drug-likeness (QED) is 0.852. The van der Waals surface area contributed by atoms with Crippen LogP contribution in [0, 0.1) is 5.41 Å². The van der Waals surface area contributed by atoms with Crippen molar-refractivity contribution in [3.8, 4) is 11.1 Å². The summed E-state index contributed by atoms with van der Waals surface area (Å²) in [5.41, 5.74) is 10.0. The highest BCUT2D eigenvalue weighted by Crippen LogP contribution is 2.43. The Morgan fingerprint density at radius 3 is 2.65 bits per heavy atom. The number of rotatable bonds is 2. The van der Waals surface area contributed by atoms with Gasteiger partial charge in [-0.3, -0.25) is 5.10 Å². The van der Waals surface area contributed by atoms with Crippen molar-refractivity contribution < 1.29 is 0 Å². The van der Waals surface area contributed by atoms with E-state index in [0.29, 0.717) is 17.2 Å². The molecule has 3 nitrogen and oxygen atoms in total. The minimum atomic E-state index is 0.517. The normalized spacial score (nSPS) is 19.1. The first kappa shape index (κ1) is 13.2. The van der Waals surface area contributed by atoms with Gasteiger partial charge in [0.25, 0.3) is 0 Å². The lowest BCUT2D eigenvalue weighted by Gasteiger charge is -2.34. The summed E-state index contributed by atoms with van der Waals surface area (Å²) >= 11 is 0. The van der Waals surface area contributed by atoms with E-state index in [1.807, 2.05) is 0 Å². The Kier molecular flexibility index (Phi) is 3.28. The van der Waals surface area contributed by atoms with E-state index in [-0.39, 0.29) is 0 Å². The van der Waals surface area contributed by atoms with Crippen molar-refractivity contribution in [2.75, 3.05) is 5.73 Å². The summed E-state index contributed by atoms with van der Waals surface area (Å²) in [7, 11) is 0. The number of H-pyrrole nitrogens is 1. The van der Waals surface area contributed by atoms with E-state index in [9.17, 15) is 0 Å². The molecule has 20 heavy (non-hydrogen) atoms. The zero-order chi connectivity index (χ0) is 14.2. The van der Waals surface area contributed by atoms with Gasteiger partial charge >= 0.3 is 0 Å². The van der Waals surface area contributed by atoms with Crippen LogP contribution in [0.1, 0.15) is 51.0 Å². The second-order valence-corrected chi connectivity index (χ2v) is 6.76. The highest BCUT2D eigenvalue weighted by molar-refractivity contribution is 5.73. The minimum Gasteiger partial charge on any atom is -0.384 e. The Hall–Kier alpha value is -1.77. The first-order chi connectivity index (χ1) is 9.55. The molecule has 1 aromatic carbocycles. The number of nitrogens with two attached hydrogens (primary N) is 1. The van der Waals surface area contributed by atoms with Crippen LogP contribution in [-0.4, -0.2) is 10.2 Å². The molecule has 1 aromatic heterocycles. The molecule has 0 spiro atoms. The predicted octanol–water partition coefficient (Wildman–Crippen LogP) is 4.34. The third kappa shape index (κ3) is 2.58. The van der Waals surface area contributed by atoms with Crippen LogP contribution in [0.5, 0.6) is 0 Å². The van der Waals surface area contributed by atoms with Gasteiger partial charge in [-0.2, -0.15) is 5.10 Å². The van der Waals surface area contributed by atoms with Crippen LogP contribution >= 0.6 is 0 Å². The van der Waals surface area contributed by atoms with Gasteiger partial charge in [0.15, 0.2) is 0 Å². The Balaban J connectivity index is 1.84. The maximum Gasteiger partial charge on any atom is 0.126 e. The van der Waals surface area contributed by atoms with Crippen LogP contribution in [0.15, 0.2) is 30.5 Å². The lowest BCUT2D eigenvalue weighted by atomic mass is 9.71. The second-order valence-electron chi connectivity index (χ2n) is 6.76. The van der Waals surface area contributed by atoms with E-state index >= 15 is 0 Å². The third-order valence-corrected chi connectivity index (χ3v) is 4.68. The largest absolute Gasteiger partial charge is 0.384 e. The summed E-state index contributed by atoms with van der Waals surface area (Å²) in [6.45, 7) is 4.76. The van der Waals surface area contributed by atoms with Gasteiger partial charge in [0.2, 0.25) is 0 Å². The molecule has 0 amide bonds. The number of nitrogens with zero attached hydrogens (tertiary/aromatic N) is 1. The topological polar surface area (TPSA) is 54.7 Å². The molecule has 0 saturated heterocycles. The fourth-order valence-electron chi connectivity index (χ4n) is 3.22. The first-order valence-electron chi connectivity index (χ1n) is 7.44. The molecular weight excluding hydrogens is 246 g/mol. The van der Waals surface area contributed by atoms with Crippen molar-refractivity contribution in [2.45, 2.75) is 45.4 Å². The van der Waals surface area contributed by atoms with Crippen molar-refractivity contribution >= 4 is 5.82 Å². The van der Waals surface area contributed by atoms with Crippen molar-refractivity contribution in [3.63, 3.8) is 0 Å². The number of nitrogens with one attached hydrogen (secondary N) is 1. The van der Waals surface area contributed by atoms with Crippen LogP contribution < -0.4 is 5.73 Å². The van der Waals surface area contributed by atoms with Gasteiger partial charge in [-0.05, 0) is 48.1 Å². The number of nitrogen functional groups attached to an aromatic ring is 1. The molecule has 2 aromatic rings. The van der Waals surface area contributed by atoms with Crippen LogP contribution in [0.4, 0.5) is 5.82 Å². The molecule has 1 aliphatic rings. The molecule has 0 aliphatic heterocycles. The van der Waals surface area contributed by atoms with Gasteiger partial charge in [0.1, 0.15) is 5.82 Å². The molecule has 1 aliphatic carbocycles. The van der Waals surface area contributed by atoms with Crippen LogP contribution in [0.2, 0.25) is 0 Å². The average molecular weight is 269 g/mol. The summed E-state index contributed by atoms with van der Waals surface area (Å²) < 4.78 is 0. The highest BCUT2D eigenvalue weighted by atomic mass is 15.1. The number of aromatic nitrogens is 2. The van der Waals surface area contributed by atoms with E-state index in [2.05, 4.69) is 48.3 Å². The first-order valence-corrected chi connectivity index (χ1v) is 7.44. The second kappa shape index (κ2) is 4.97. The number of hydrogen-bond acceptors (Lipinski definition) is 2. The molecule has 0 bridgehead atoms. The van der Waals surface area contributed by atoms with Crippen LogP contribution in [0.3, 0.4) is 0 Å². The van der Waals surface area contributed by atoms with Gasteiger partial charge in [-0.25, -0.2) is 0 Å². The molecule has 1 fully saturated rings. The zero-order valence-corrected chi connectivity index (χ0v) is 12.3. The van der Waals surface area contributed by atoms with Gasteiger partial charge in [-0.1, -0.05) is 38.1 Å². The maximum absolute atomic E-state index is 5.92. The van der Waals surface area contributed by atoms with Crippen molar-refractivity contribution in [3.05, 3.63) is 36.0 Å². The zero-order valence-electron chi connectivity index (χ0n) is 12.3. The van der Waals surface area contributed by atoms with Gasteiger partial charge < -0.3 is 5.73 Å². The number of benzene rings is 1. The molecule has 1 heterocycles. The predicted molar refractivity (Wildman–Crippen MR) is 83.4 cm³/mol. The van der Waals surface area contributed by atoms with Crippen LogP contribution in [0.25, 0.3) is 11.1 Å². The third-order valence-electron chi connectivity index (χ3n) is 4.68. The molecular formula is C17H23N3. The van der Waals surface area contributed by atoms with Gasteiger partial charge in [0, 0.05) is 5.56 Å². The average Bonchev–Trinajstić information content (AvgIpc) is 2.85. The minimum absolute atomic E-state index is 0.517. The molecule has 0 atom stereocenters. The van der Waals surface area contributed by atoms with E-state index in [1.165, 1.54) is 36.8 Å². The molecule has 1 saturated carbocycles. The smallest absolute Gasteiger partial charge is 0.126 e. The molecule has 3 heteroatoms. The van der Waals surface area contributed by atoms with E-state index < -0.39 is 0 Å². The lowest BCUT2D eigenvalue weighted by Crippen LogP contribution is -2.20. The van der Waals surface area contributed by atoms with Gasteiger partial charge in [0.05, 0.1) is 6.20 Å². The Labute approximate surface area is 120 Å². The number of hydrogen-bond donors (Lipinski definition) is 2. The molecule has 3 rings (SSSR count). The van der Waals surface area contributed by atoms with E-state index in [1.54, 1.807) is 6.20 Å². The summed E-state index contributed by atoms with van der Waals surface area (Å²) in [4.78, 5) is 0. The number of anilines is 1. The SMILES string of the molecule is CC1(C)CCC(c2cccc(-c3cn[nH]c3N)c2)CC1. The Bertz CT molecular complexity index is 588. The summed E-state index contributed by atoms with van der Waals surface area (Å²) in [5.74, 6) is 1.34. The van der Waals surface area contributed by atoms with Gasteiger partial charge in [-0.15, -0.1) is 0 Å².